The maximum absolute atomic E-state index is 11.8. The molecule has 0 saturated heterocycles. The van der Waals surface area contributed by atoms with Crippen molar-refractivity contribution in [3.8, 4) is 0 Å². The second-order valence-electron chi connectivity index (χ2n) is 6.94. The van der Waals surface area contributed by atoms with E-state index in [1.807, 2.05) is 0 Å². The SMILES string of the molecule is CCC[C@@H](CCCNC(=O)CC1CC(C)C1)CCNCC. The zero-order chi connectivity index (χ0) is 15.5. The molecule has 1 aliphatic carbocycles. The minimum absolute atomic E-state index is 0.270. The fourth-order valence-corrected chi connectivity index (χ4v) is 3.51. The van der Waals surface area contributed by atoms with Crippen LogP contribution in [0.2, 0.25) is 0 Å². The summed E-state index contributed by atoms with van der Waals surface area (Å²) in [6.45, 7) is 9.76. The van der Waals surface area contributed by atoms with E-state index in [1.54, 1.807) is 0 Å². The third-order valence-electron chi connectivity index (χ3n) is 4.73. The summed E-state index contributed by atoms with van der Waals surface area (Å²) in [5, 5.41) is 6.52. The molecule has 21 heavy (non-hydrogen) atoms. The van der Waals surface area contributed by atoms with Gasteiger partial charge in [0.1, 0.15) is 0 Å². The van der Waals surface area contributed by atoms with Crippen LogP contribution in [0.1, 0.15) is 72.1 Å². The molecule has 0 unspecified atom stereocenters. The van der Waals surface area contributed by atoms with Crippen LogP contribution in [0.5, 0.6) is 0 Å². The molecule has 0 aromatic carbocycles. The van der Waals surface area contributed by atoms with E-state index in [4.69, 9.17) is 0 Å². The van der Waals surface area contributed by atoms with E-state index in [-0.39, 0.29) is 5.91 Å². The third kappa shape index (κ3) is 8.45. The van der Waals surface area contributed by atoms with Gasteiger partial charge in [-0.3, -0.25) is 4.79 Å². The van der Waals surface area contributed by atoms with Crippen molar-refractivity contribution in [1.82, 2.24) is 10.6 Å². The van der Waals surface area contributed by atoms with Crippen molar-refractivity contribution in [3.05, 3.63) is 0 Å². The van der Waals surface area contributed by atoms with Gasteiger partial charge < -0.3 is 10.6 Å². The van der Waals surface area contributed by atoms with Gasteiger partial charge in [0.15, 0.2) is 0 Å². The van der Waals surface area contributed by atoms with Gasteiger partial charge in [0.25, 0.3) is 0 Å². The number of hydrogen-bond acceptors (Lipinski definition) is 2. The largest absolute Gasteiger partial charge is 0.356 e. The van der Waals surface area contributed by atoms with Crippen molar-refractivity contribution in [3.63, 3.8) is 0 Å². The molecule has 0 bridgehead atoms. The van der Waals surface area contributed by atoms with E-state index >= 15 is 0 Å². The highest BCUT2D eigenvalue weighted by molar-refractivity contribution is 5.76. The standard InChI is InChI=1S/C18H36N2O/c1-4-7-16(9-11-19-5-2)8-6-10-20-18(21)14-17-12-15(3)13-17/h15-17,19H,4-14H2,1-3H3,(H,20,21)/t15?,16-,17?/m0/s1. The van der Waals surface area contributed by atoms with Crippen LogP contribution in [-0.4, -0.2) is 25.5 Å². The first-order valence-corrected chi connectivity index (χ1v) is 9.13. The van der Waals surface area contributed by atoms with Crippen LogP contribution in [0.15, 0.2) is 0 Å². The maximum Gasteiger partial charge on any atom is 0.220 e. The second-order valence-corrected chi connectivity index (χ2v) is 6.94. The Hall–Kier alpha value is -0.570. The Morgan fingerprint density at radius 2 is 1.90 bits per heavy atom. The first-order valence-electron chi connectivity index (χ1n) is 9.13. The smallest absolute Gasteiger partial charge is 0.220 e. The van der Waals surface area contributed by atoms with Gasteiger partial charge >= 0.3 is 0 Å². The Morgan fingerprint density at radius 1 is 1.14 bits per heavy atom. The Labute approximate surface area is 131 Å². The molecule has 0 aromatic rings. The van der Waals surface area contributed by atoms with Crippen LogP contribution in [0.4, 0.5) is 0 Å². The summed E-state index contributed by atoms with van der Waals surface area (Å²) >= 11 is 0. The second kappa shape index (κ2) is 11.1. The van der Waals surface area contributed by atoms with Crippen LogP contribution in [0, 0.1) is 17.8 Å². The highest BCUT2D eigenvalue weighted by atomic mass is 16.1. The molecular weight excluding hydrogens is 260 g/mol. The van der Waals surface area contributed by atoms with Crippen LogP contribution < -0.4 is 10.6 Å². The molecule has 0 radical (unpaired) electrons. The lowest BCUT2D eigenvalue weighted by Gasteiger charge is -2.32. The molecule has 1 amide bonds. The topological polar surface area (TPSA) is 41.1 Å². The summed E-state index contributed by atoms with van der Waals surface area (Å²) < 4.78 is 0. The van der Waals surface area contributed by atoms with Gasteiger partial charge in [-0.05, 0) is 62.9 Å². The first-order chi connectivity index (χ1) is 10.2. The molecule has 124 valence electrons. The van der Waals surface area contributed by atoms with Crippen LogP contribution in [-0.2, 0) is 4.79 Å². The molecule has 0 spiro atoms. The van der Waals surface area contributed by atoms with E-state index in [1.165, 1.54) is 38.5 Å². The van der Waals surface area contributed by atoms with Crippen molar-refractivity contribution in [2.75, 3.05) is 19.6 Å². The molecule has 3 heteroatoms. The lowest BCUT2D eigenvalue weighted by Crippen LogP contribution is -2.31. The van der Waals surface area contributed by atoms with E-state index < -0.39 is 0 Å². The number of amides is 1. The van der Waals surface area contributed by atoms with E-state index in [2.05, 4.69) is 31.4 Å². The minimum Gasteiger partial charge on any atom is -0.356 e. The average Bonchev–Trinajstić information content (AvgIpc) is 2.42. The predicted octanol–water partition coefficient (Wildman–Crippen LogP) is 3.73. The molecule has 0 heterocycles. The van der Waals surface area contributed by atoms with Gasteiger partial charge in [-0.15, -0.1) is 0 Å². The van der Waals surface area contributed by atoms with E-state index in [0.717, 1.165) is 44.3 Å². The maximum atomic E-state index is 11.8. The number of carbonyl (C=O) groups is 1. The number of rotatable bonds is 12. The van der Waals surface area contributed by atoms with Crippen molar-refractivity contribution in [2.24, 2.45) is 17.8 Å². The fourth-order valence-electron chi connectivity index (χ4n) is 3.51. The van der Waals surface area contributed by atoms with Crippen LogP contribution in [0.25, 0.3) is 0 Å². The molecule has 1 atom stereocenters. The van der Waals surface area contributed by atoms with Gasteiger partial charge in [0, 0.05) is 13.0 Å². The van der Waals surface area contributed by atoms with E-state index in [9.17, 15) is 4.79 Å². The third-order valence-corrected chi connectivity index (χ3v) is 4.73. The van der Waals surface area contributed by atoms with Gasteiger partial charge in [-0.1, -0.05) is 33.6 Å². The normalized spacial score (nSPS) is 22.6. The molecule has 1 fully saturated rings. The molecule has 0 aliphatic heterocycles. The highest BCUT2D eigenvalue weighted by Gasteiger charge is 2.26. The quantitative estimate of drug-likeness (QED) is 0.539. The monoisotopic (exact) mass is 296 g/mol. The minimum atomic E-state index is 0.270. The van der Waals surface area contributed by atoms with Crippen molar-refractivity contribution < 1.29 is 4.79 Å². The fraction of sp³-hybridized carbons (Fsp3) is 0.944. The Morgan fingerprint density at radius 3 is 2.52 bits per heavy atom. The van der Waals surface area contributed by atoms with E-state index in [0.29, 0.717) is 5.92 Å². The average molecular weight is 296 g/mol. The predicted molar refractivity (Wildman–Crippen MR) is 90.3 cm³/mol. The lowest BCUT2D eigenvalue weighted by molar-refractivity contribution is -0.122. The summed E-state index contributed by atoms with van der Waals surface area (Å²) in [5.74, 6) is 2.59. The summed E-state index contributed by atoms with van der Waals surface area (Å²) in [5.41, 5.74) is 0. The van der Waals surface area contributed by atoms with Crippen molar-refractivity contribution in [1.29, 1.82) is 0 Å². The summed E-state index contributed by atoms with van der Waals surface area (Å²) in [4.78, 5) is 11.8. The van der Waals surface area contributed by atoms with Crippen molar-refractivity contribution in [2.45, 2.75) is 72.1 Å². The van der Waals surface area contributed by atoms with Crippen LogP contribution in [0.3, 0.4) is 0 Å². The van der Waals surface area contributed by atoms with Gasteiger partial charge in [0.05, 0.1) is 0 Å². The van der Waals surface area contributed by atoms with Crippen LogP contribution >= 0.6 is 0 Å². The van der Waals surface area contributed by atoms with Crippen molar-refractivity contribution >= 4 is 5.91 Å². The van der Waals surface area contributed by atoms with Gasteiger partial charge in [-0.2, -0.15) is 0 Å². The zero-order valence-corrected chi connectivity index (χ0v) is 14.4. The zero-order valence-electron chi connectivity index (χ0n) is 14.4. The summed E-state index contributed by atoms with van der Waals surface area (Å²) in [6.07, 6.45) is 9.48. The van der Waals surface area contributed by atoms with Gasteiger partial charge in [-0.25, -0.2) is 0 Å². The van der Waals surface area contributed by atoms with Gasteiger partial charge in [0.2, 0.25) is 5.91 Å². The number of hydrogen-bond donors (Lipinski definition) is 2. The first kappa shape index (κ1) is 18.5. The summed E-state index contributed by atoms with van der Waals surface area (Å²) in [7, 11) is 0. The lowest BCUT2D eigenvalue weighted by atomic mass is 9.74. The molecule has 3 nitrogen and oxygen atoms in total. The number of carbonyl (C=O) groups excluding carboxylic acids is 1. The highest BCUT2D eigenvalue weighted by Crippen LogP contribution is 2.35. The molecule has 1 rings (SSSR count). The molecule has 2 N–H and O–H groups in total. The Balaban J connectivity index is 2.02. The summed E-state index contributed by atoms with van der Waals surface area (Å²) in [6, 6.07) is 0. The number of nitrogens with one attached hydrogen (secondary N) is 2. The Bertz CT molecular complexity index is 274. The Kier molecular flexibility index (Phi) is 9.73. The molecule has 1 saturated carbocycles. The molecule has 0 aromatic heterocycles. The molecule has 1 aliphatic rings. The molecular formula is C18H36N2O.